The maximum absolute atomic E-state index is 12.7. The molecule has 3 aromatic rings. The SMILES string of the molecule is CCOc1cc([C@H](C[Si](C)=O)n2c(=O)[nH]c3cc(Cl)ccc32)ccc1OC. The fraction of sp³-hybridized carbons (Fsp3) is 0.316. The Morgan fingerprint density at radius 2 is 2.00 bits per heavy atom. The number of hydrogen-bond donors (Lipinski definition) is 1. The van der Waals surface area contributed by atoms with Gasteiger partial charge in [-0.15, -0.1) is 0 Å². The standard InChI is InChI=1S/C19H21ClN2O4Si/c1-4-26-18-9-12(5-8-17(18)25-2)16(11-27(3)24)22-15-7-6-13(20)10-14(15)21-19(22)23/h5-10,16H,4,11H2,1-3H3,(H,21,23)/t16-/m0/s1. The molecule has 0 aliphatic carbocycles. The second kappa shape index (κ2) is 8.10. The van der Waals surface area contributed by atoms with Gasteiger partial charge in [-0.25, -0.2) is 4.79 Å². The fourth-order valence-electron chi connectivity index (χ4n) is 3.21. The van der Waals surface area contributed by atoms with E-state index in [-0.39, 0.29) is 5.69 Å². The van der Waals surface area contributed by atoms with Crippen LogP contribution >= 0.6 is 11.6 Å². The zero-order valence-electron chi connectivity index (χ0n) is 15.4. The number of rotatable bonds is 7. The molecule has 0 saturated carbocycles. The Morgan fingerprint density at radius 3 is 2.67 bits per heavy atom. The van der Waals surface area contributed by atoms with E-state index in [1.807, 2.05) is 19.1 Å². The van der Waals surface area contributed by atoms with E-state index in [9.17, 15) is 9.26 Å². The molecule has 1 N–H and O–H groups in total. The first kappa shape index (κ1) is 19.4. The monoisotopic (exact) mass is 404 g/mol. The highest BCUT2D eigenvalue weighted by molar-refractivity contribution is 6.41. The lowest BCUT2D eigenvalue weighted by atomic mass is 10.1. The van der Waals surface area contributed by atoms with Gasteiger partial charge in [-0.3, -0.25) is 4.57 Å². The van der Waals surface area contributed by atoms with Crippen LogP contribution in [0, 0.1) is 0 Å². The van der Waals surface area contributed by atoms with Crippen molar-refractivity contribution in [2.45, 2.75) is 25.6 Å². The number of aromatic nitrogens is 2. The summed E-state index contributed by atoms with van der Waals surface area (Å²) >= 11 is 6.04. The number of methoxy groups -OCH3 is 1. The predicted molar refractivity (Wildman–Crippen MR) is 107 cm³/mol. The quantitative estimate of drug-likeness (QED) is 0.603. The number of nitrogens with one attached hydrogen (secondary N) is 1. The highest BCUT2D eigenvalue weighted by Crippen LogP contribution is 2.34. The summed E-state index contributed by atoms with van der Waals surface area (Å²) in [7, 11) is -0.283. The van der Waals surface area contributed by atoms with Crippen LogP contribution in [0.5, 0.6) is 11.5 Å². The summed E-state index contributed by atoms with van der Waals surface area (Å²) in [6.45, 7) is 4.07. The zero-order valence-corrected chi connectivity index (χ0v) is 17.2. The molecule has 1 aromatic heterocycles. The van der Waals surface area contributed by atoms with Crippen molar-refractivity contribution in [3.63, 3.8) is 0 Å². The van der Waals surface area contributed by atoms with E-state index in [2.05, 4.69) is 4.98 Å². The third-order valence-corrected chi connectivity index (χ3v) is 5.54. The van der Waals surface area contributed by atoms with Crippen LogP contribution in [0.4, 0.5) is 0 Å². The van der Waals surface area contributed by atoms with Gasteiger partial charge < -0.3 is 18.9 Å². The van der Waals surface area contributed by atoms with Gasteiger partial charge in [0.1, 0.15) is 0 Å². The molecule has 0 aliphatic heterocycles. The average Bonchev–Trinajstić information content (AvgIpc) is 2.94. The Balaban J connectivity index is 2.19. The van der Waals surface area contributed by atoms with Crippen molar-refractivity contribution < 1.29 is 13.9 Å². The van der Waals surface area contributed by atoms with E-state index in [0.717, 1.165) is 5.56 Å². The van der Waals surface area contributed by atoms with Crippen LogP contribution in [-0.4, -0.2) is 32.0 Å². The summed E-state index contributed by atoms with van der Waals surface area (Å²) in [6, 6.07) is 10.7. The Bertz CT molecular complexity index is 1040. The lowest BCUT2D eigenvalue weighted by molar-refractivity contribution is 0.310. The lowest BCUT2D eigenvalue weighted by Crippen LogP contribution is -2.24. The summed E-state index contributed by atoms with van der Waals surface area (Å²) in [4.78, 5) is 15.5. The normalized spacial score (nSPS) is 12.1. The minimum absolute atomic E-state index is 0.269. The Kier molecular flexibility index (Phi) is 5.81. The first-order valence-corrected chi connectivity index (χ1v) is 11.1. The van der Waals surface area contributed by atoms with Gasteiger partial charge >= 0.3 is 5.69 Å². The number of H-pyrrole nitrogens is 1. The topological polar surface area (TPSA) is 73.3 Å². The van der Waals surface area contributed by atoms with Gasteiger partial charge in [0.2, 0.25) is 0 Å². The van der Waals surface area contributed by atoms with Crippen LogP contribution in [0.1, 0.15) is 18.5 Å². The molecule has 0 fully saturated rings. The maximum Gasteiger partial charge on any atom is 0.327 e. The summed E-state index contributed by atoms with van der Waals surface area (Å²) < 4.78 is 24.8. The van der Waals surface area contributed by atoms with Crippen molar-refractivity contribution >= 4 is 31.3 Å². The van der Waals surface area contributed by atoms with Gasteiger partial charge in [-0.05, 0) is 49.4 Å². The first-order chi connectivity index (χ1) is 12.9. The maximum atomic E-state index is 12.7. The summed E-state index contributed by atoms with van der Waals surface area (Å²) in [5.41, 5.74) is 1.92. The molecule has 0 spiro atoms. The Labute approximate surface area is 163 Å². The molecule has 1 atom stereocenters. The van der Waals surface area contributed by atoms with Crippen LogP contribution < -0.4 is 15.2 Å². The van der Waals surface area contributed by atoms with Gasteiger partial charge in [-0.2, -0.15) is 0 Å². The zero-order chi connectivity index (χ0) is 19.6. The third-order valence-electron chi connectivity index (χ3n) is 4.34. The van der Waals surface area contributed by atoms with Crippen molar-refractivity contribution in [1.82, 2.24) is 9.55 Å². The molecule has 27 heavy (non-hydrogen) atoms. The van der Waals surface area contributed by atoms with E-state index >= 15 is 0 Å². The molecule has 3 rings (SSSR count). The minimum Gasteiger partial charge on any atom is -0.493 e. The van der Waals surface area contributed by atoms with Gasteiger partial charge in [0.05, 0.1) is 30.8 Å². The van der Waals surface area contributed by atoms with Crippen LogP contribution in [0.2, 0.25) is 17.6 Å². The smallest absolute Gasteiger partial charge is 0.327 e. The Hall–Kier alpha value is -2.38. The number of hydrogen-bond acceptors (Lipinski definition) is 4. The largest absolute Gasteiger partial charge is 0.493 e. The van der Waals surface area contributed by atoms with E-state index in [4.69, 9.17) is 21.1 Å². The Morgan fingerprint density at radius 1 is 1.22 bits per heavy atom. The lowest BCUT2D eigenvalue weighted by Gasteiger charge is -2.20. The van der Waals surface area contributed by atoms with Crippen LogP contribution in [0.25, 0.3) is 11.0 Å². The first-order valence-electron chi connectivity index (χ1n) is 8.64. The second-order valence-electron chi connectivity index (χ2n) is 6.23. The van der Waals surface area contributed by atoms with Crippen molar-refractivity contribution in [3.05, 3.63) is 57.5 Å². The molecule has 0 saturated heterocycles. The predicted octanol–water partition coefficient (Wildman–Crippen LogP) is 4.03. The molecule has 1 heterocycles. The highest BCUT2D eigenvalue weighted by atomic mass is 35.5. The molecule has 0 amide bonds. The van der Waals surface area contributed by atoms with Gasteiger partial charge in [-0.1, -0.05) is 17.7 Å². The van der Waals surface area contributed by atoms with E-state index in [0.29, 0.717) is 40.2 Å². The summed E-state index contributed by atoms with van der Waals surface area (Å²) in [6.07, 6.45) is 0. The number of benzene rings is 2. The van der Waals surface area contributed by atoms with Crippen molar-refractivity contribution in [2.24, 2.45) is 0 Å². The molecular weight excluding hydrogens is 384 g/mol. The molecule has 6 nitrogen and oxygen atoms in total. The number of aromatic amines is 1. The molecule has 142 valence electrons. The minimum atomic E-state index is -1.86. The highest BCUT2D eigenvalue weighted by Gasteiger charge is 2.23. The second-order valence-corrected chi connectivity index (χ2v) is 8.48. The molecular formula is C19H21ClN2O4Si. The van der Waals surface area contributed by atoms with E-state index in [1.165, 1.54) is 0 Å². The van der Waals surface area contributed by atoms with E-state index in [1.54, 1.807) is 42.5 Å². The third kappa shape index (κ3) is 3.99. The van der Waals surface area contributed by atoms with Crippen molar-refractivity contribution in [1.29, 1.82) is 0 Å². The molecule has 0 radical (unpaired) electrons. The number of halogens is 1. The van der Waals surface area contributed by atoms with E-state index < -0.39 is 14.7 Å². The summed E-state index contributed by atoms with van der Waals surface area (Å²) in [5.74, 6) is 1.20. The average molecular weight is 405 g/mol. The fourth-order valence-corrected chi connectivity index (χ4v) is 4.35. The number of imidazole rings is 1. The van der Waals surface area contributed by atoms with Gasteiger partial charge in [0, 0.05) is 11.1 Å². The molecule has 8 heteroatoms. The number of ether oxygens (including phenoxy) is 2. The van der Waals surface area contributed by atoms with Crippen LogP contribution in [0.15, 0.2) is 41.2 Å². The van der Waals surface area contributed by atoms with Gasteiger partial charge in [0.15, 0.2) is 11.5 Å². The molecule has 0 bridgehead atoms. The van der Waals surface area contributed by atoms with Crippen molar-refractivity contribution in [2.75, 3.05) is 13.7 Å². The molecule has 0 unspecified atom stereocenters. The van der Waals surface area contributed by atoms with Crippen LogP contribution in [-0.2, 0) is 4.46 Å². The van der Waals surface area contributed by atoms with Crippen LogP contribution in [0.3, 0.4) is 0 Å². The summed E-state index contributed by atoms with van der Waals surface area (Å²) in [5, 5.41) is 0.541. The number of nitrogens with zero attached hydrogens (tertiary/aromatic N) is 1. The molecule has 2 aromatic carbocycles. The van der Waals surface area contributed by atoms with Gasteiger partial charge in [0.25, 0.3) is 8.68 Å². The number of fused-ring (bicyclic) bond motifs is 1. The van der Waals surface area contributed by atoms with Crippen molar-refractivity contribution in [3.8, 4) is 11.5 Å². The molecule has 0 aliphatic rings.